The zero-order valence-corrected chi connectivity index (χ0v) is 15.9. The SMILES string of the molecule is C[C@@H](NC(=O)COC(=O)c1ccc(Cl)c(S(=O)(=O)NC2CC2)c1)C1CC1. The van der Waals surface area contributed by atoms with Crippen molar-refractivity contribution >= 4 is 33.5 Å². The third-order valence-corrected chi connectivity index (χ3v) is 6.41. The van der Waals surface area contributed by atoms with Crippen LogP contribution in [0.15, 0.2) is 23.1 Å². The van der Waals surface area contributed by atoms with E-state index in [0.717, 1.165) is 25.7 Å². The fraction of sp³-hybridized carbons (Fsp3) is 0.529. The number of amides is 1. The topological polar surface area (TPSA) is 102 Å². The van der Waals surface area contributed by atoms with Crippen LogP contribution in [-0.2, 0) is 19.6 Å². The van der Waals surface area contributed by atoms with Crippen molar-refractivity contribution in [1.29, 1.82) is 0 Å². The van der Waals surface area contributed by atoms with Crippen molar-refractivity contribution in [2.75, 3.05) is 6.61 Å². The number of hydrogen-bond acceptors (Lipinski definition) is 5. The van der Waals surface area contributed by atoms with Crippen molar-refractivity contribution in [2.24, 2.45) is 5.92 Å². The van der Waals surface area contributed by atoms with E-state index in [1.807, 2.05) is 6.92 Å². The standard InChI is InChI=1S/C17H21ClN2O5S/c1-10(11-2-3-11)19-16(21)9-25-17(22)12-4-7-14(18)15(8-12)26(23,24)20-13-5-6-13/h4,7-8,10-11,13,20H,2-3,5-6,9H2,1H3,(H,19,21)/t10-/m1/s1. The third-order valence-electron chi connectivity index (χ3n) is 4.41. The Labute approximate surface area is 157 Å². The number of rotatable bonds is 8. The molecule has 0 heterocycles. The normalized spacial score (nSPS) is 18.2. The monoisotopic (exact) mass is 400 g/mol. The molecule has 2 saturated carbocycles. The number of halogens is 1. The first-order valence-electron chi connectivity index (χ1n) is 8.54. The first-order valence-corrected chi connectivity index (χ1v) is 10.4. The highest BCUT2D eigenvalue weighted by molar-refractivity contribution is 7.89. The summed E-state index contributed by atoms with van der Waals surface area (Å²) in [5.41, 5.74) is 0.0219. The number of ether oxygens (including phenoxy) is 1. The molecule has 7 nitrogen and oxygen atoms in total. The van der Waals surface area contributed by atoms with Gasteiger partial charge in [0.1, 0.15) is 4.90 Å². The molecule has 3 rings (SSSR count). The molecule has 1 aromatic rings. The van der Waals surface area contributed by atoms with E-state index in [1.54, 1.807) is 0 Å². The lowest BCUT2D eigenvalue weighted by Crippen LogP contribution is -2.37. The number of carbonyl (C=O) groups is 2. The zero-order valence-electron chi connectivity index (χ0n) is 14.3. The minimum atomic E-state index is -3.80. The molecular weight excluding hydrogens is 380 g/mol. The Morgan fingerprint density at radius 3 is 2.58 bits per heavy atom. The smallest absolute Gasteiger partial charge is 0.338 e. The van der Waals surface area contributed by atoms with E-state index < -0.39 is 22.6 Å². The van der Waals surface area contributed by atoms with Crippen LogP contribution in [0.3, 0.4) is 0 Å². The van der Waals surface area contributed by atoms with Crippen molar-refractivity contribution in [3.05, 3.63) is 28.8 Å². The van der Waals surface area contributed by atoms with E-state index in [-0.39, 0.29) is 33.5 Å². The summed E-state index contributed by atoms with van der Waals surface area (Å²) in [6, 6.07) is 3.84. The molecule has 1 aromatic carbocycles. The van der Waals surface area contributed by atoms with Crippen LogP contribution in [0, 0.1) is 5.92 Å². The molecule has 0 bridgehead atoms. The van der Waals surface area contributed by atoms with Crippen LogP contribution >= 0.6 is 11.6 Å². The van der Waals surface area contributed by atoms with Gasteiger partial charge in [-0.3, -0.25) is 4.79 Å². The van der Waals surface area contributed by atoms with Crippen LogP contribution in [0.1, 0.15) is 43.0 Å². The Kier molecular flexibility index (Phi) is 5.55. The summed E-state index contributed by atoms with van der Waals surface area (Å²) in [5, 5.41) is 2.80. The largest absolute Gasteiger partial charge is 0.452 e. The average molecular weight is 401 g/mol. The van der Waals surface area contributed by atoms with Crippen molar-refractivity contribution < 1.29 is 22.7 Å². The van der Waals surface area contributed by atoms with Gasteiger partial charge in [0.05, 0.1) is 10.6 Å². The maximum atomic E-state index is 12.3. The first-order chi connectivity index (χ1) is 12.3. The highest BCUT2D eigenvalue weighted by Gasteiger charge is 2.30. The molecule has 26 heavy (non-hydrogen) atoms. The van der Waals surface area contributed by atoms with E-state index in [0.29, 0.717) is 5.92 Å². The Bertz CT molecular complexity index is 818. The van der Waals surface area contributed by atoms with Gasteiger partial charge in [-0.1, -0.05) is 11.6 Å². The fourth-order valence-corrected chi connectivity index (χ4v) is 4.38. The van der Waals surface area contributed by atoms with Crippen molar-refractivity contribution in [3.63, 3.8) is 0 Å². The Balaban J connectivity index is 1.61. The van der Waals surface area contributed by atoms with Crippen molar-refractivity contribution in [2.45, 2.75) is 49.6 Å². The third kappa shape index (κ3) is 4.96. The minimum absolute atomic E-state index is 0.0192. The molecular formula is C17H21ClN2O5S. The number of benzene rings is 1. The number of sulfonamides is 1. The lowest BCUT2D eigenvalue weighted by Gasteiger charge is -2.13. The van der Waals surface area contributed by atoms with Crippen LogP contribution in [0.2, 0.25) is 5.02 Å². The van der Waals surface area contributed by atoms with Crippen LogP contribution in [0.25, 0.3) is 0 Å². The molecule has 2 fully saturated rings. The molecule has 0 aliphatic heterocycles. The van der Waals surface area contributed by atoms with E-state index >= 15 is 0 Å². The number of hydrogen-bond donors (Lipinski definition) is 2. The fourth-order valence-electron chi connectivity index (χ4n) is 2.54. The molecule has 0 aromatic heterocycles. The van der Waals surface area contributed by atoms with Crippen LogP contribution in [0.4, 0.5) is 0 Å². The highest BCUT2D eigenvalue weighted by Crippen LogP contribution is 2.32. The van der Waals surface area contributed by atoms with Crippen molar-refractivity contribution in [3.8, 4) is 0 Å². The van der Waals surface area contributed by atoms with Gasteiger partial charge in [-0.15, -0.1) is 0 Å². The second kappa shape index (κ2) is 7.54. The first kappa shape index (κ1) is 19.1. The molecule has 0 unspecified atom stereocenters. The highest BCUT2D eigenvalue weighted by atomic mass is 35.5. The van der Waals surface area contributed by atoms with Gasteiger partial charge < -0.3 is 10.1 Å². The van der Waals surface area contributed by atoms with Gasteiger partial charge in [-0.05, 0) is 56.7 Å². The zero-order chi connectivity index (χ0) is 18.9. The molecule has 1 amide bonds. The Hall–Kier alpha value is -1.64. The minimum Gasteiger partial charge on any atom is -0.452 e. The summed E-state index contributed by atoms with van der Waals surface area (Å²) < 4.78 is 32.1. The second-order valence-corrected chi connectivity index (χ2v) is 8.90. The number of esters is 1. The summed E-state index contributed by atoms with van der Waals surface area (Å²) in [6.07, 6.45) is 3.76. The molecule has 0 spiro atoms. The van der Waals surface area contributed by atoms with Gasteiger partial charge in [0.15, 0.2) is 6.61 Å². The summed E-state index contributed by atoms with van der Waals surface area (Å²) >= 11 is 5.97. The van der Waals surface area contributed by atoms with Gasteiger partial charge >= 0.3 is 5.97 Å². The average Bonchev–Trinajstić information content (AvgIpc) is 3.45. The molecule has 142 valence electrons. The van der Waals surface area contributed by atoms with E-state index in [4.69, 9.17) is 16.3 Å². The quantitative estimate of drug-likeness (QED) is 0.648. The molecule has 2 aliphatic carbocycles. The maximum Gasteiger partial charge on any atom is 0.338 e. The predicted octanol–water partition coefficient (Wildman–Crippen LogP) is 1.85. The molecule has 2 aliphatic rings. The number of nitrogens with one attached hydrogen (secondary N) is 2. The van der Waals surface area contributed by atoms with E-state index in [1.165, 1.54) is 18.2 Å². The van der Waals surface area contributed by atoms with Gasteiger partial charge in [-0.25, -0.2) is 17.9 Å². The van der Waals surface area contributed by atoms with Gasteiger partial charge in [0, 0.05) is 12.1 Å². The van der Waals surface area contributed by atoms with Gasteiger partial charge in [0.25, 0.3) is 5.91 Å². The summed E-state index contributed by atoms with van der Waals surface area (Å²) in [7, 11) is -3.80. The predicted molar refractivity (Wildman–Crippen MR) is 95.4 cm³/mol. The summed E-state index contributed by atoms with van der Waals surface area (Å²) in [5.74, 6) is -0.661. The van der Waals surface area contributed by atoms with Gasteiger partial charge in [0.2, 0.25) is 10.0 Å². The molecule has 0 radical (unpaired) electrons. The molecule has 9 heteroatoms. The number of carbonyl (C=O) groups excluding carboxylic acids is 2. The van der Waals surface area contributed by atoms with Crippen LogP contribution < -0.4 is 10.0 Å². The van der Waals surface area contributed by atoms with Crippen LogP contribution in [-0.4, -0.2) is 39.0 Å². The maximum absolute atomic E-state index is 12.3. The molecule has 2 N–H and O–H groups in total. The summed E-state index contributed by atoms with van der Waals surface area (Å²) in [6.45, 7) is 1.50. The Morgan fingerprint density at radius 2 is 1.96 bits per heavy atom. The second-order valence-electron chi connectivity index (χ2n) is 6.81. The van der Waals surface area contributed by atoms with Crippen molar-refractivity contribution in [1.82, 2.24) is 10.0 Å². The molecule has 0 saturated heterocycles. The van der Waals surface area contributed by atoms with Gasteiger partial charge in [-0.2, -0.15) is 0 Å². The van der Waals surface area contributed by atoms with E-state index in [9.17, 15) is 18.0 Å². The summed E-state index contributed by atoms with van der Waals surface area (Å²) in [4.78, 5) is 23.8. The van der Waals surface area contributed by atoms with E-state index in [2.05, 4.69) is 10.0 Å². The van der Waals surface area contributed by atoms with Crippen LogP contribution in [0.5, 0.6) is 0 Å². The lowest BCUT2D eigenvalue weighted by molar-refractivity contribution is -0.124. The lowest BCUT2D eigenvalue weighted by atomic mass is 10.2. The molecule has 1 atom stereocenters. The Morgan fingerprint density at radius 1 is 1.27 bits per heavy atom.